The largest absolute Gasteiger partial charge is 0.312 e. The fourth-order valence-corrected chi connectivity index (χ4v) is 2.13. The van der Waals surface area contributed by atoms with Crippen LogP contribution in [0.15, 0.2) is 36.7 Å². The van der Waals surface area contributed by atoms with E-state index in [4.69, 9.17) is 0 Å². The van der Waals surface area contributed by atoms with Crippen LogP contribution >= 0.6 is 0 Å². The maximum atomic E-state index is 4.17. The standard InChI is InChI=1S/C15H21N3/c1-3-14-6-4-5-7-15(14)11-16-9-8-13-10-17-18(2)12-13/h4-7,10,12,16H,3,8-9,11H2,1-2H3. The molecule has 0 fully saturated rings. The van der Waals surface area contributed by atoms with Crippen LogP contribution in [0.5, 0.6) is 0 Å². The van der Waals surface area contributed by atoms with Crippen molar-refractivity contribution in [3.63, 3.8) is 0 Å². The van der Waals surface area contributed by atoms with Crippen LogP contribution in [0.3, 0.4) is 0 Å². The summed E-state index contributed by atoms with van der Waals surface area (Å²) in [6.07, 6.45) is 6.13. The highest BCUT2D eigenvalue weighted by Gasteiger charge is 1.99. The molecule has 0 unspecified atom stereocenters. The monoisotopic (exact) mass is 243 g/mol. The Morgan fingerprint density at radius 1 is 1.22 bits per heavy atom. The maximum absolute atomic E-state index is 4.17. The quantitative estimate of drug-likeness (QED) is 0.789. The minimum Gasteiger partial charge on any atom is -0.312 e. The van der Waals surface area contributed by atoms with Gasteiger partial charge in [-0.3, -0.25) is 4.68 Å². The molecule has 0 radical (unpaired) electrons. The second kappa shape index (κ2) is 6.36. The van der Waals surface area contributed by atoms with Crippen LogP contribution in [-0.2, 0) is 26.4 Å². The van der Waals surface area contributed by atoms with E-state index in [1.54, 1.807) is 0 Å². The molecular weight excluding hydrogens is 222 g/mol. The molecule has 2 rings (SSSR count). The molecule has 1 heterocycles. The van der Waals surface area contributed by atoms with Crippen molar-refractivity contribution in [1.29, 1.82) is 0 Å². The molecule has 3 nitrogen and oxygen atoms in total. The number of aromatic nitrogens is 2. The molecule has 0 aliphatic heterocycles. The first-order valence-corrected chi connectivity index (χ1v) is 6.54. The van der Waals surface area contributed by atoms with Gasteiger partial charge in [0.05, 0.1) is 6.20 Å². The van der Waals surface area contributed by atoms with Crippen molar-refractivity contribution in [2.45, 2.75) is 26.3 Å². The van der Waals surface area contributed by atoms with Gasteiger partial charge in [0.2, 0.25) is 0 Å². The molecule has 2 aromatic rings. The molecular formula is C15H21N3. The van der Waals surface area contributed by atoms with Crippen molar-refractivity contribution < 1.29 is 0 Å². The molecule has 0 amide bonds. The Morgan fingerprint density at radius 3 is 2.67 bits per heavy atom. The Hall–Kier alpha value is -1.61. The molecule has 18 heavy (non-hydrogen) atoms. The highest BCUT2D eigenvalue weighted by atomic mass is 15.2. The van der Waals surface area contributed by atoms with Gasteiger partial charge in [0.25, 0.3) is 0 Å². The van der Waals surface area contributed by atoms with Crippen LogP contribution in [-0.4, -0.2) is 16.3 Å². The van der Waals surface area contributed by atoms with Gasteiger partial charge in [-0.15, -0.1) is 0 Å². The van der Waals surface area contributed by atoms with E-state index in [0.717, 1.165) is 25.9 Å². The topological polar surface area (TPSA) is 29.9 Å². The first-order valence-electron chi connectivity index (χ1n) is 6.54. The second-order valence-electron chi connectivity index (χ2n) is 4.57. The number of hydrogen-bond acceptors (Lipinski definition) is 2. The fraction of sp³-hybridized carbons (Fsp3) is 0.400. The van der Waals surface area contributed by atoms with Crippen LogP contribution in [0.4, 0.5) is 0 Å². The van der Waals surface area contributed by atoms with Gasteiger partial charge >= 0.3 is 0 Å². The lowest BCUT2D eigenvalue weighted by atomic mass is 10.1. The zero-order chi connectivity index (χ0) is 12.8. The van der Waals surface area contributed by atoms with Gasteiger partial charge in [0.1, 0.15) is 0 Å². The molecule has 0 aliphatic carbocycles. The van der Waals surface area contributed by atoms with Gasteiger partial charge in [-0.1, -0.05) is 31.2 Å². The summed E-state index contributed by atoms with van der Waals surface area (Å²) in [6, 6.07) is 8.63. The fourth-order valence-electron chi connectivity index (χ4n) is 2.13. The van der Waals surface area contributed by atoms with E-state index >= 15 is 0 Å². The van der Waals surface area contributed by atoms with E-state index in [1.165, 1.54) is 16.7 Å². The summed E-state index contributed by atoms with van der Waals surface area (Å²) in [5.41, 5.74) is 4.13. The number of nitrogens with zero attached hydrogens (tertiary/aromatic N) is 2. The third-order valence-corrected chi connectivity index (χ3v) is 3.16. The minimum absolute atomic E-state index is 0.949. The zero-order valence-corrected chi connectivity index (χ0v) is 11.2. The first-order chi connectivity index (χ1) is 8.79. The van der Waals surface area contributed by atoms with E-state index in [1.807, 2.05) is 17.9 Å². The lowest BCUT2D eigenvalue weighted by Gasteiger charge is -2.08. The van der Waals surface area contributed by atoms with Gasteiger partial charge in [-0.25, -0.2) is 0 Å². The highest BCUT2D eigenvalue weighted by Crippen LogP contribution is 2.08. The summed E-state index contributed by atoms with van der Waals surface area (Å²) in [5.74, 6) is 0. The SMILES string of the molecule is CCc1ccccc1CNCCc1cnn(C)c1. The van der Waals surface area contributed by atoms with Gasteiger partial charge in [0.15, 0.2) is 0 Å². The molecule has 1 aromatic heterocycles. The lowest BCUT2D eigenvalue weighted by Crippen LogP contribution is -2.17. The van der Waals surface area contributed by atoms with Crippen molar-refractivity contribution in [3.05, 3.63) is 53.3 Å². The Labute approximate surface area is 109 Å². The van der Waals surface area contributed by atoms with Crippen LogP contribution in [0.1, 0.15) is 23.6 Å². The number of hydrogen-bond donors (Lipinski definition) is 1. The Bertz CT molecular complexity index is 488. The number of benzene rings is 1. The van der Waals surface area contributed by atoms with Crippen LogP contribution in [0.25, 0.3) is 0 Å². The molecule has 0 spiro atoms. The molecule has 3 heteroatoms. The molecule has 0 saturated heterocycles. The molecule has 96 valence electrons. The average Bonchev–Trinajstić information content (AvgIpc) is 2.81. The molecule has 0 bridgehead atoms. The summed E-state index contributed by atoms with van der Waals surface area (Å²) in [5, 5.41) is 7.67. The van der Waals surface area contributed by atoms with Crippen molar-refractivity contribution in [2.24, 2.45) is 7.05 Å². The molecule has 0 saturated carbocycles. The van der Waals surface area contributed by atoms with Crippen molar-refractivity contribution >= 4 is 0 Å². The second-order valence-corrected chi connectivity index (χ2v) is 4.57. The third-order valence-electron chi connectivity index (χ3n) is 3.16. The number of aryl methyl sites for hydroxylation is 2. The summed E-state index contributed by atoms with van der Waals surface area (Å²) < 4.78 is 1.85. The van der Waals surface area contributed by atoms with E-state index in [-0.39, 0.29) is 0 Å². The third kappa shape index (κ3) is 3.44. The smallest absolute Gasteiger partial charge is 0.0522 e. The number of rotatable bonds is 6. The van der Waals surface area contributed by atoms with Gasteiger partial charge in [-0.2, -0.15) is 5.10 Å². The molecule has 0 aliphatic rings. The Morgan fingerprint density at radius 2 is 2.00 bits per heavy atom. The van der Waals surface area contributed by atoms with Crippen molar-refractivity contribution in [3.8, 4) is 0 Å². The zero-order valence-electron chi connectivity index (χ0n) is 11.2. The van der Waals surface area contributed by atoms with E-state index in [2.05, 4.69) is 47.8 Å². The van der Waals surface area contributed by atoms with Crippen LogP contribution in [0.2, 0.25) is 0 Å². The summed E-state index contributed by atoms with van der Waals surface area (Å²) in [4.78, 5) is 0. The molecule has 1 N–H and O–H groups in total. The van der Waals surface area contributed by atoms with E-state index in [0.29, 0.717) is 0 Å². The predicted molar refractivity (Wildman–Crippen MR) is 74.4 cm³/mol. The van der Waals surface area contributed by atoms with E-state index < -0.39 is 0 Å². The predicted octanol–water partition coefficient (Wildman–Crippen LogP) is 2.31. The lowest BCUT2D eigenvalue weighted by molar-refractivity contribution is 0.682. The average molecular weight is 243 g/mol. The Balaban J connectivity index is 1.78. The van der Waals surface area contributed by atoms with Crippen molar-refractivity contribution in [1.82, 2.24) is 15.1 Å². The maximum Gasteiger partial charge on any atom is 0.0522 e. The van der Waals surface area contributed by atoms with Gasteiger partial charge < -0.3 is 5.32 Å². The van der Waals surface area contributed by atoms with Gasteiger partial charge in [-0.05, 0) is 36.1 Å². The molecule has 1 aromatic carbocycles. The van der Waals surface area contributed by atoms with E-state index in [9.17, 15) is 0 Å². The van der Waals surface area contributed by atoms with Crippen LogP contribution in [0, 0.1) is 0 Å². The summed E-state index contributed by atoms with van der Waals surface area (Å²) in [7, 11) is 1.95. The number of nitrogens with one attached hydrogen (secondary N) is 1. The summed E-state index contributed by atoms with van der Waals surface area (Å²) >= 11 is 0. The van der Waals surface area contributed by atoms with Gasteiger partial charge in [0, 0.05) is 19.8 Å². The summed E-state index contributed by atoms with van der Waals surface area (Å²) in [6.45, 7) is 4.14. The van der Waals surface area contributed by atoms with Crippen LogP contribution < -0.4 is 5.32 Å². The van der Waals surface area contributed by atoms with Crippen molar-refractivity contribution in [2.75, 3.05) is 6.54 Å². The minimum atomic E-state index is 0.949. The molecule has 0 atom stereocenters. The normalized spacial score (nSPS) is 10.8. The highest BCUT2D eigenvalue weighted by molar-refractivity contribution is 5.26. The Kier molecular flexibility index (Phi) is 4.53. The first kappa shape index (κ1) is 12.8.